The lowest BCUT2D eigenvalue weighted by Gasteiger charge is -2.31. The second kappa shape index (κ2) is 7.43. The Morgan fingerprint density at radius 2 is 2.07 bits per heavy atom. The van der Waals surface area contributed by atoms with Gasteiger partial charge in [0.2, 0.25) is 0 Å². The minimum atomic E-state index is 0.0606. The van der Waals surface area contributed by atoms with Crippen molar-refractivity contribution in [3.63, 3.8) is 0 Å². The fourth-order valence-corrected chi connectivity index (χ4v) is 3.92. The maximum atomic E-state index is 12.5. The maximum Gasteiger partial charge on any atom is 0.260 e. The van der Waals surface area contributed by atoms with E-state index >= 15 is 0 Å². The smallest absolute Gasteiger partial charge is 0.260 e. The van der Waals surface area contributed by atoms with Crippen LogP contribution in [-0.4, -0.2) is 40.5 Å². The Morgan fingerprint density at radius 1 is 1.26 bits per heavy atom. The lowest BCUT2D eigenvalue weighted by Crippen LogP contribution is -2.40. The Morgan fingerprint density at radius 3 is 2.85 bits per heavy atom. The number of amides is 1. The fraction of sp³-hybridized carbons (Fsp3) is 0.364. The minimum absolute atomic E-state index is 0.0606. The highest BCUT2D eigenvalue weighted by atomic mass is 16.5. The molecular weight excluding hydrogens is 338 g/mol. The fourth-order valence-electron chi connectivity index (χ4n) is 3.92. The molecule has 4 rings (SSSR count). The van der Waals surface area contributed by atoms with Crippen molar-refractivity contribution in [2.45, 2.75) is 32.6 Å². The number of likely N-dealkylation sites (tertiary alicyclic amines) is 1. The molecule has 5 nitrogen and oxygen atoms in total. The van der Waals surface area contributed by atoms with Gasteiger partial charge in [-0.05, 0) is 61.9 Å². The first kappa shape index (κ1) is 17.6. The molecule has 1 aromatic carbocycles. The largest absolute Gasteiger partial charge is 0.484 e. The van der Waals surface area contributed by atoms with Crippen LogP contribution in [0, 0.1) is 13.8 Å². The van der Waals surface area contributed by atoms with Crippen molar-refractivity contribution in [2.75, 3.05) is 19.7 Å². The van der Waals surface area contributed by atoms with Gasteiger partial charge < -0.3 is 14.6 Å². The highest BCUT2D eigenvalue weighted by Gasteiger charge is 2.26. The molecule has 0 bridgehead atoms. The predicted octanol–water partition coefficient (Wildman–Crippen LogP) is 3.96. The predicted molar refractivity (Wildman–Crippen MR) is 106 cm³/mol. The Kier molecular flexibility index (Phi) is 4.84. The van der Waals surface area contributed by atoms with E-state index in [0.29, 0.717) is 5.92 Å². The number of hydrogen-bond acceptors (Lipinski definition) is 3. The number of carbonyl (C=O) groups is 1. The molecule has 0 spiro atoms. The van der Waals surface area contributed by atoms with E-state index in [2.05, 4.69) is 35.2 Å². The number of aromatic nitrogens is 2. The van der Waals surface area contributed by atoms with Crippen LogP contribution in [-0.2, 0) is 4.79 Å². The van der Waals surface area contributed by atoms with Gasteiger partial charge in [-0.25, -0.2) is 0 Å². The van der Waals surface area contributed by atoms with Gasteiger partial charge in [0.05, 0.1) is 11.0 Å². The normalized spacial score (nSPS) is 15.3. The molecule has 0 unspecified atom stereocenters. The van der Waals surface area contributed by atoms with E-state index in [1.54, 1.807) is 0 Å². The molecule has 1 fully saturated rings. The molecule has 1 aliphatic heterocycles. The third-order valence-electron chi connectivity index (χ3n) is 5.43. The lowest BCUT2D eigenvalue weighted by atomic mass is 9.90. The zero-order valence-corrected chi connectivity index (χ0v) is 15.9. The van der Waals surface area contributed by atoms with Crippen LogP contribution in [0.3, 0.4) is 0 Å². The topological polar surface area (TPSA) is 58.2 Å². The number of benzene rings is 1. The molecule has 1 saturated heterocycles. The summed E-state index contributed by atoms with van der Waals surface area (Å²) in [6.45, 7) is 5.69. The molecule has 1 amide bonds. The van der Waals surface area contributed by atoms with E-state index in [1.807, 2.05) is 36.2 Å². The molecule has 3 heterocycles. The monoisotopic (exact) mass is 363 g/mol. The van der Waals surface area contributed by atoms with E-state index in [0.717, 1.165) is 48.3 Å². The third kappa shape index (κ3) is 3.68. The molecule has 27 heavy (non-hydrogen) atoms. The van der Waals surface area contributed by atoms with E-state index in [9.17, 15) is 4.79 Å². The number of nitrogens with zero attached hydrogens (tertiary/aromatic N) is 2. The number of pyridine rings is 1. The Balaban J connectivity index is 1.34. The molecular formula is C22H25N3O2. The number of ether oxygens (including phenoxy) is 1. The number of nitrogens with one attached hydrogen (secondary N) is 1. The van der Waals surface area contributed by atoms with Gasteiger partial charge in [-0.1, -0.05) is 17.7 Å². The quantitative estimate of drug-likeness (QED) is 0.763. The number of carbonyl (C=O) groups excluding carboxylic acids is 1. The number of H-pyrrole nitrogens is 1. The summed E-state index contributed by atoms with van der Waals surface area (Å²) in [5, 5.41) is 0. The van der Waals surface area contributed by atoms with Gasteiger partial charge in [0.25, 0.3) is 5.91 Å². The first-order chi connectivity index (χ1) is 13.1. The number of aromatic amines is 1. The lowest BCUT2D eigenvalue weighted by molar-refractivity contribution is -0.134. The van der Waals surface area contributed by atoms with Crippen molar-refractivity contribution < 1.29 is 9.53 Å². The van der Waals surface area contributed by atoms with Crippen LogP contribution in [0.5, 0.6) is 5.75 Å². The van der Waals surface area contributed by atoms with Crippen molar-refractivity contribution in [1.82, 2.24) is 14.9 Å². The molecule has 0 aliphatic carbocycles. The molecule has 2 aromatic heterocycles. The summed E-state index contributed by atoms with van der Waals surface area (Å²) in [7, 11) is 0. The van der Waals surface area contributed by atoms with E-state index in [1.165, 1.54) is 11.1 Å². The van der Waals surface area contributed by atoms with Gasteiger partial charge in [0, 0.05) is 25.5 Å². The van der Waals surface area contributed by atoms with Crippen molar-refractivity contribution in [1.29, 1.82) is 0 Å². The van der Waals surface area contributed by atoms with Crippen molar-refractivity contribution in [2.24, 2.45) is 0 Å². The van der Waals surface area contributed by atoms with Gasteiger partial charge >= 0.3 is 0 Å². The molecule has 140 valence electrons. The van der Waals surface area contributed by atoms with Crippen LogP contribution < -0.4 is 4.74 Å². The summed E-state index contributed by atoms with van der Waals surface area (Å²) < 4.78 is 5.76. The summed E-state index contributed by atoms with van der Waals surface area (Å²) in [4.78, 5) is 22.3. The van der Waals surface area contributed by atoms with Gasteiger partial charge in [-0.15, -0.1) is 0 Å². The van der Waals surface area contributed by atoms with Crippen LogP contribution in [0.2, 0.25) is 0 Å². The van der Waals surface area contributed by atoms with Crippen LogP contribution in [0.25, 0.3) is 11.0 Å². The van der Waals surface area contributed by atoms with Crippen LogP contribution in [0.1, 0.15) is 35.4 Å². The van der Waals surface area contributed by atoms with Gasteiger partial charge in [-0.2, -0.15) is 0 Å². The first-order valence-corrected chi connectivity index (χ1v) is 9.51. The second-order valence-electron chi connectivity index (χ2n) is 7.36. The van der Waals surface area contributed by atoms with Crippen LogP contribution in [0.4, 0.5) is 0 Å². The zero-order valence-electron chi connectivity index (χ0n) is 15.9. The SMILES string of the molecule is Cc1ccc(OCC(=O)N2CCC(c3c[nH]c4cccnc34)CC2)c(C)c1. The molecule has 5 heteroatoms. The standard InChI is InChI=1S/C22H25N3O2/c1-15-5-6-20(16(2)12-15)27-14-21(26)25-10-7-17(8-11-25)18-13-24-19-4-3-9-23-22(18)19/h3-6,9,12-13,17,24H,7-8,10-11,14H2,1-2H3. The summed E-state index contributed by atoms with van der Waals surface area (Å²) >= 11 is 0. The highest BCUT2D eigenvalue weighted by Crippen LogP contribution is 2.32. The van der Waals surface area contributed by atoms with Crippen LogP contribution in [0.15, 0.2) is 42.7 Å². The summed E-state index contributed by atoms with van der Waals surface area (Å²) in [5.74, 6) is 1.29. The molecule has 0 radical (unpaired) electrons. The van der Waals surface area contributed by atoms with Crippen LogP contribution >= 0.6 is 0 Å². The first-order valence-electron chi connectivity index (χ1n) is 9.51. The molecule has 0 saturated carbocycles. The maximum absolute atomic E-state index is 12.5. The number of hydrogen-bond donors (Lipinski definition) is 1. The van der Waals surface area contributed by atoms with Gasteiger partial charge in [0.15, 0.2) is 6.61 Å². The van der Waals surface area contributed by atoms with Crippen molar-refractivity contribution in [3.05, 3.63) is 59.4 Å². The second-order valence-corrected chi connectivity index (χ2v) is 7.36. The highest BCUT2D eigenvalue weighted by molar-refractivity contribution is 5.80. The van der Waals surface area contributed by atoms with E-state index in [4.69, 9.17) is 4.74 Å². The Bertz CT molecular complexity index is 955. The zero-order chi connectivity index (χ0) is 18.8. The van der Waals surface area contributed by atoms with Gasteiger partial charge in [0.1, 0.15) is 5.75 Å². The number of rotatable bonds is 4. The van der Waals surface area contributed by atoms with Crippen molar-refractivity contribution in [3.8, 4) is 5.75 Å². The average Bonchev–Trinajstić information content (AvgIpc) is 3.11. The average molecular weight is 363 g/mol. The Hall–Kier alpha value is -2.82. The van der Waals surface area contributed by atoms with Gasteiger partial charge in [-0.3, -0.25) is 9.78 Å². The minimum Gasteiger partial charge on any atom is -0.484 e. The van der Waals surface area contributed by atoms with Crippen molar-refractivity contribution >= 4 is 16.9 Å². The molecule has 3 aromatic rings. The number of piperidine rings is 1. The number of fused-ring (bicyclic) bond motifs is 1. The number of aryl methyl sites for hydroxylation is 2. The summed E-state index contributed by atoms with van der Waals surface area (Å²) in [6.07, 6.45) is 5.82. The van der Waals surface area contributed by atoms with E-state index < -0.39 is 0 Å². The Labute approximate surface area is 159 Å². The molecule has 1 aliphatic rings. The summed E-state index contributed by atoms with van der Waals surface area (Å²) in [5.41, 5.74) is 5.66. The molecule has 1 N–H and O–H groups in total. The summed E-state index contributed by atoms with van der Waals surface area (Å²) in [6, 6.07) is 10.0. The van der Waals surface area contributed by atoms with E-state index in [-0.39, 0.29) is 12.5 Å². The third-order valence-corrected chi connectivity index (χ3v) is 5.43. The molecule has 0 atom stereocenters.